The van der Waals surface area contributed by atoms with Gasteiger partial charge in [0.2, 0.25) is 0 Å². The quantitative estimate of drug-likeness (QED) is 0.380. The summed E-state index contributed by atoms with van der Waals surface area (Å²) >= 11 is 7.80. The Morgan fingerprint density at radius 3 is 3.00 bits per heavy atom. The molecule has 6 heteroatoms. The lowest BCUT2D eigenvalue weighted by Crippen LogP contribution is -2.13. The molecule has 4 nitrogen and oxygen atoms in total. The number of hydrogen-bond donors (Lipinski definition) is 2. The van der Waals surface area contributed by atoms with Gasteiger partial charge in [-0.25, -0.2) is 0 Å². The van der Waals surface area contributed by atoms with Gasteiger partial charge < -0.3 is 10.5 Å². The van der Waals surface area contributed by atoms with E-state index in [1.807, 2.05) is 0 Å². The Bertz CT molecular complexity index is 382. The molecule has 0 atom stereocenters. The zero-order chi connectivity index (χ0) is 10.6. The molecule has 1 aromatic carbocycles. The summed E-state index contributed by atoms with van der Waals surface area (Å²) in [6.45, 7) is 0. The molecule has 0 saturated carbocycles. The number of halogens is 2. The lowest BCUT2D eigenvalue weighted by atomic mass is 10.3. The molecule has 74 valence electrons. The van der Waals surface area contributed by atoms with Crippen LogP contribution in [0.25, 0.3) is 0 Å². The number of nitrogens with zero attached hydrogens (tertiary/aromatic N) is 1. The minimum atomic E-state index is -0.507. The van der Waals surface area contributed by atoms with Crippen molar-refractivity contribution in [2.75, 3.05) is 5.32 Å². The van der Waals surface area contributed by atoms with E-state index in [2.05, 4.69) is 33.1 Å². The van der Waals surface area contributed by atoms with Crippen molar-refractivity contribution in [3.63, 3.8) is 0 Å². The van der Waals surface area contributed by atoms with Crippen molar-refractivity contribution >= 4 is 52.0 Å². The van der Waals surface area contributed by atoms with Crippen LogP contribution in [-0.4, -0.2) is 17.3 Å². The molecule has 1 aromatic rings. The van der Waals surface area contributed by atoms with E-state index in [1.54, 1.807) is 18.2 Å². The van der Waals surface area contributed by atoms with E-state index in [4.69, 9.17) is 16.8 Å². The maximum absolute atomic E-state index is 11.0. The van der Waals surface area contributed by atoms with E-state index in [9.17, 15) is 4.79 Å². The van der Waals surface area contributed by atoms with Crippen LogP contribution in [0.15, 0.2) is 23.4 Å². The van der Waals surface area contributed by atoms with Gasteiger partial charge in [0.1, 0.15) is 6.21 Å². The van der Waals surface area contributed by atoms with Gasteiger partial charge in [0.15, 0.2) is 0 Å². The smallest absolute Gasteiger partial charge is 0.270 e. The second-order valence-electron chi connectivity index (χ2n) is 2.36. The number of rotatable bonds is 2. The fourth-order valence-corrected chi connectivity index (χ4v) is 1.45. The van der Waals surface area contributed by atoms with Crippen molar-refractivity contribution in [1.82, 2.24) is 0 Å². The number of benzene rings is 1. The highest BCUT2D eigenvalue weighted by atomic mass is 127. The highest BCUT2D eigenvalue weighted by molar-refractivity contribution is 14.1. The normalized spacial score (nSPS) is 10.4. The van der Waals surface area contributed by atoms with Crippen LogP contribution in [0.2, 0.25) is 5.02 Å². The predicted molar refractivity (Wildman–Crippen MR) is 63.1 cm³/mol. The van der Waals surface area contributed by atoms with Gasteiger partial charge in [-0.15, -0.1) is 0 Å². The number of anilines is 1. The molecule has 14 heavy (non-hydrogen) atoms. The van der Waals surface area contributed by atoms with Crippen molar-refractivity contribution in [1.29, 1.82) is 0 Å². The zero-order valence-corrected chi connectivity index (χ0v) is 9.78. The molecule has 0 aliphatic heterocycles. The van der Waals surface area contributed by atoms with Crippen LogP contribution in [0, 0.1) is 3.57 Å². The van der Waals surface area contributed by atoms with Crippen LogP contribution < -0.4 is 5.32 Å². The number of nitrogens with one attached hydrogen (secondary N) is 1. The number of carbonyl (C=O) groups excluding carboxylic acids is 1. The Morgan fingerprint density at radius 1 is 1.64 bits per heavy atom. The van der Waals surface area contributed by atoms with Crippen LogP contribution in [0.5, 0.6) is 0 Å². The second kappa shape index (κ2) is 5.16. The molecular weight excluding hydrogens is 318 g/mol. The standard InChI is InChI=1S/C8H6ClIN2O2/c9-5-1-2-6(10)7(3-5)12-8(13)4-11-14/h1-4,14H,(H,12,13). The molecule has 0 aromatic heterocycles. The van der Waals surface area contributed by atoms with Gasteiger partial charge in [0.25, 0.3) is 5.91 Å². The Labute approximate surface area is 99.1 Å². The molecule has 0 unspecified atom stereocenters. The molecule has 0 heterocycles. The lowest BCUT2D eigenvalue weighted by Gasteiger charge is -2.04. The van der Waals surface area contributed by atoms with Crippen molar-refractivity contribution in [3.8, 4) is 0 Å². The summed E-state index contributed by atoms with van der Waals surface area (Å²) in [5.41, 5.74) is 0.586. The summed E-state index contributed by atoms with van der Waals surface area (Å²) in [4.78, 5) is 11.0. The van der Waals surface area contributed by atoms with E-state index in [0.717, 1.165) is 9.78 Å². The van der Waals surface area contributed by atoms with E-state index < -0.39 is 5.91 Å². The lowest BCUT2D eigenvalue weighted by molar-refractivity contribution is -0.110. The van der Waals surface area contributed by atoms with Crippen LogP contribution in [0.4, 0.5) is 5.69 Å². The van der Waals surface area contributed by atoms with Gasteiger partial charge >= 0.3 is 0 Å². The largest absolute Gasteiger partial charge is 0.411 e. The van der Waals surface area contributed by atoms with Crippen LogP contribution in [0.1, 0.15) is 0 Å². The van der Waals surface area contributed by atoms with E-state index in [1.165, 1.54) is 0 Å². The first-order chi connectivity index (χ1) is 6.63. The van der Waals surface area contributed by atoms with Crippen molar-refractivity contribution in [3.05, 3.63) is 26.8 Å². The van der Waals surface area contributed by atoms with Gasteiger partial charge in [-0.05, 0) is 40.8 Å². The average molecular weight is 325 g/mol. The molecule has 0 bridgehead atoms. The Hall–Kier alpha value is -0.820. The van der Waals surface area contributed by atoms with Crippen LogP contribution >= 0.6 is 34.2 Å². The zero-order valence-electron chi connectivity index (χ0n) is 6.87. The molecule has 0 aliphatic carbocycles. The summed E-state index contributed by atoms with van der Waals surface area (Å²) in [7, 11) is 0. The predicted octanol–water partition coefficient (Wildman–Crippen LogP) is 2.34. The highest BCUT2D eigenvalue weighted by Crippen LogP contribution is 2.22. The van der Waals surface area contributed by atoms with Crippen molar-refractivity contribution in [2.45, 2.75) is 0 Å². The van der Waals surface area contributed by atoms with Crippen molar-refractivity contribution < 1.29 is 10.0 Å². The monoisotopic (exact) mass is 324 g/mol. The Morgan fingerprint density at radius 2 is 2.36 bits per heavy atom. The Balaban J connectivity index is 2.85. The first kappa shape index (κ1) is 11.3. The minimum Gasteiger partial charge on any atom is -0.411 e. The molecule has 0 saturated heterocycles. The summed E-state index contributed by atoms with van der Waals surface area (Å²) < 4.78 is 0.853. The topological polar surface area (TPSA) is 61.7 Å². The summed E-state index contributed by atoms with van der Waals surface area (Å²) in [6, 6.07) is 5.11. The molecule has 0 fully saturated rings. The fourth-order valence-electron chi connectivity index (χ4n) is 0.811. The maximum atomic E-state index is 11.0. The summed E-state index contributed by atoms with van der Waals surface area (Å²) in [5.74, 6) is -0.507. The van der Waals surface area contributed by atoms with Gasteiger partial charge in [-0.1, -0.05) is 16.8 Å². The third-order valence-corrected chi connectivity index (χ3v) is 2.54. The van der Waals surface area contributed by atoms with Crippen LogP contribution in [0.3, 0.4) is 0 Å². The molecule has 0 spiro atoms. The van der Waals surface area contributed by atoms with E-state index in [0.29, 0.717) is 10.7 Å². The number of carbonyl (C=O) groups is 1. The van der Waals surface area contributed by atoms with Gasteiger partial charge in [0, 0.05) is 8.59 Å². The van der Waals surface area contributed by atoms with Gasteiger partial charge in [-0.2, -0.15) is 0 Å². The third kappa shape index (κ3) is 3.15. The third-order valence-electron chi connectivity index (χ3n) is 1.36. The molecule has 1 rings (SSSR count). The molecule has 0 aliphatic rings. The summed E-state index contributed by atoms with van der Waals surface area (Å²) in [5, 5.41) is 13.8. The second-order valence-corrected chi connectivity index (χ2v) is 3.96. The average Bonchev–Trinajstić information content (AvgIpc) is 2.12. The van der Waals surface area contributed by atoms with Crippen molar-refractivity contribution in [2.24, 2.45) is 5.16 Å². The highest BCUT2D eigenvalue weighted by Gasteiger charge is 2.03. The Kier molecular flexibility index (Phi) is 4.15. The molecule has 0 radical (unpaired) electrons. The van der Waals surface area contributed by atoms with E-state index >= 15 is 0 Å². The molecular formula is C8H6ClIN2O2. The number of amides is 1. The minimum absolute atomic E-state index is 0.507. The van der Waals surface area contributed by atoms with Gasteiger partial charge in [0.05, 0.1) is 5.69 Å². The number of hydrogen-bond acceptors (Lipinski definition) is 3. The maximum Gasteiger partial charge on any atom is 0.270 e. The SMILES string of the molecule is O=C(C=NO)Nc1cc(Cl)ccc1I. The van der Waals surface area contributed by atoms with Gasteiger partial charge in [-0.3, -0.25) is 4.79 Å². The summed E-state index contributed by atoms with van der Waals surface area (Å²) in [6.07, 6.45) is 0.775. The van der Waals surface area contributed by atoms with E-state index in [-0.39, 0.29) is 0 Å². The first-order valence-electron chi connectivity index (χ1n) is 3.57. The van der Waals surface area contributed by atoms with Crippen LogP contribution in [-0.2, 0) is 4.79 Å². The molecule has 2 N–H and O–H groups in total. The first-order valence-corrected chi connectivity index (χ1v) is 5.02. The fraction of sp³-hybridized carbons (Fsp3) is 0. The molecule has 1 amide bonds. The number of oxime groups is 1.